The van der Waals surface area contributed by atoms with E-state index in [0.29, 0.717) is 5.41 Å². The first kappa shape index (κ1) is 17.1. The zero-order valence-corrected chi connectivity index (χ0v) is 14.5. The number of rotatable bonds is 8. The van der Waals surface area contributed by atoms with Crippen LogP contribution in [0.3, 0.4) is 0 Å². The van der Waals surface area contributed by atoms with Gasteiger partial charge in [-0.1, -0.05) is 38.8 Å². The molecule has 1 saturated carbocycles. The molecule has 0 N–H and O–H groups in total. The molecule has 0 aromatic rings. The summed E-state index contributed by atoms with van der Waals surface area (Å²) in [5.74, 6) is 3.11. The molecule has 0 amide bonds. The highest BCUT2D eigenvalue weighted by molar-refractivity contribution is 7.98. The first-order valence-electron chi connectivity index (χ1n) is 8.09. The van der Waals surface area contributed by atoms with Gasteiger partial charge in [0.05, 0.1) is 0 Å². The highest BCUT2D eigenvalue weighted by Gasteiger charge is 2.25. The maximum Gasteiger partial charge on any atom is -0.00701 e. The predicted octanol–water partition coefficient (Wildman–Crippen LogP) is 6.32. The lowest BCUT2D eigenvalue weighted by Gasteiger charge is -2.32. The second kappa shape index (κ2) is 8.39. The second-order valence-electron chi connectivity index (χ2n) is 7.38. The summed E-state index contributed by atoms with van der Waals surface area (Å²) in [5.41, 5.74) is 1.97. The number of hydrogen-bond donors (Lipinski definition) is 0. The summed E-state index contributed by atoms with van der Waals surface area (Å²) in [5, 5.41) is 0. The maximum atomic E-state index is 4.17. The molecular formula is C18H34S. The average molecular weight is 283 g/mol. The molecular weight excluding hydrogens is 248 g/mol. The zero-order valence-electron chi connectivity index (χ0n) is 13.6. The predicted molar refractivity (Wildman–Crippen MR) is 90.9 cm³/mol. The van der Waals surface area contributed by atoms with Crippen molar-refractivity contribution in [1.82, 2.24) is 0 Å². The molecule has 0 aromatic heterocycles. The fraction of sp³-hybridized carbons (Fsp3) is 0.889. The van der Waals surface area contributed by atoms with Crippen molar-refractivity contribution < 1.29 is 0 Å². The third-order valence-corrected chi connectivity index (χ3v) is 5.61. The second-order valence-corrected chi connectivity index (χ2v) is 8.36. The quantitative estimate of drug-likeness (QED) is 0.371. The molecule has 0 aliphatic heterocycles. The smallest absolute Gasteiger partial charge is 0.00701 e. The van der Waals surface area contributed by atoms with Gasteiger partial charge < -0.3 is 0 Å². The van der Waals surface area contributed by atoms with Gasteiger partial charge in [-0.2, -0.15) is 11.8 Å². The van der Waals surface area contributed by atoms with Gasteiger partial charge in [0.1, 0.15) is 0 Å². The van der Waals surface area contributed by atoms with Gasteiger partial charge in [-0.05, 0) is 74.7 Å². The van der Waals surface area contributed by atoms with Gasteiger partial charge in [0.2, 0.25) is 0 Å². The van der Waals surface area contributed by atoms with Gasteiger partial charge in [-0.25, -0.2) is 0 Å². The summed E-state index contributed by atoms with van der Waals surface area (Å²) in [4.78, 5) is 0. The van der Waals surface area contributed by atoms with Crippen LogP contribution in [0.25, 0.3) is 0 Å². The van der Waals surface area contributed by atoms with Crippen LogP contribution in [-0.2, 0) is 0 Å². The van der Waals surface area contributed by atoms with Gasteiger partial charge in [0.25, 0.3) is 0 Å². The molecule has 0 nitrogen and oxygen atoms in total. The molecule has 0 radical (unpaired) electrons. The minimum atomic E-state index is 0.548. The van der Waals surface area contributed by atoms with E-state index in [1.807, 2.05) is 11.8 Å². The molecule has 1 heteroatoms. The Labute approximate surface area is 125 Å². The van der Waals surface area contributed by atoms with E-state index in [-0.39, 0.29) is 0 Å². The molecule has 2 unspecified atom stereocenters. The molecule has 0 aromatic carbocycles. The molecule has 1 fully saturated rings. The normalized spacial score (nSPS) is 24.4. The van der Waals surface area contributed by atoms with Crippen LogP contribution in [0.2, 0.25) is 0 Å². The molecule has 1 rings (SSSR count). The fourth-order valence-corrected chi connectivity index (χ4v) is 3.85. The maximum absolute atomic E-state index is 4.17. The third kappa shape index (κ3) is 6.88. The zero-order chi connectivity index (χ0) is 14.3. The van der Waals surface area contributed by atoms with Gasteiger partial charge >= 0.3 is 0 Å². The number of hydrogen-bond acceptors (Lipinski definition) is 1. The summed E-state index contributed by atoms with van der Waals surface area (Å²) in [6.07, 6.45) is 13.5. The van der Waals surface area contributed by atoms with Crippen LogP contribution in [0.15, 0.2) is 12.2 Å². The van der Waals surface area contributed by atoms with Crippen molar-refractivity contribution >= 4 is 11.8 Å². The lowest BCUT2D eigenvalue weighted by molar-refractivity contribution is 0.223. The van der Waals surface area contributed by atoms with Gasteiger partial charge in [0, 0.05) is 0 Å². The van der Waals surface area contributed by atoms with Crippen molar-refractivity contribution in [3.8, 4) is 0 Å². The van der Waals surface area contributed by atoms with Crippen molar-refractivity contribution in [3.05, 3.63) is 12.2 Å². The Bertz CT molecular complexity index is 267. The lowest BCUT2D eigenvalue weighted by Crippen LogP contribution is -2.19. The Morgan fingerprint density at radius 1 is 1.26 bits per heavy atom. The molecule has 1 aliphatic carbocycles. The van der Waals surface area contributed by atoms with Crippen LogP contribution in [0.4, 0.5) is 0 Å². The van der Waals surface area contributed by atoms with Crippen molar-refractivity contribution in [1.29, 1.82) is 0 Å². The fourth-order valence-electron chi connectivity index (χ4n) is 3.42. The van der Waals surface area contributed by atoms with Crippen LogP contribution in [-0.4, -0.2) is 12.0 Å². The highest BCUT2D eigenvalue weighted by Crippen LogP contribution is 2.38. The van der Waals surface area contributed by atoms with Gasteiger partial charge in [-0.3, -0.25) is 0 Å². The van der Waals surface area contributed by atoms with Crippen LogP contribution in [0, 0.1) is 17.3 Å². The third-order valence-electron chi connectivity index (χ3n) is 4.91. The molecule has 0 spiro atoms. The molecule has 0 heterocycles. The van der Waals surface area contributed by atoms with E-state index < -0.39 is 0 Å². The molecule has 0 bridgehead atoms. The monoisotopic (exact) mass is 282 g/mol. The van der Waals surface area contributed by atoms with Crippen LogP contribution >= 0.6 is 11.8 Å². The van der Waals surface area contributed by atoms with E-state index in [0.717, 1.165) is 11.8 Å². The van der Waals surface area contributed by atoms with Crippen molar-refractivity contribution in [2.45, 2.75) is 72.1 Å². The Morgan fingerprint density at radius 3 is 2.63 bits per heavy atom. The standard InChI is InChI=1S/C18H34S/c1-15(2)17-9-6-8-16(14-17)10-12-18(3,4)11-7-13-19-5/h16-17H,1,6-14H2,2-5H3. The van der Waals surface area contributed by atoms with E-state index in [1.54, 1.807) is 0 Å². The summed E-state index contributed by atoms with van der Waals surface area (Å²) in [6.45, 7) is 11.3. The largest absolute Gasteiger partial charge is 0.165 e. The van der Waals surface area contributed by atoms with E-state index >= 15 is 0 Å². The minimum Gasteiger partial charge on any atom is -0.165 e. The van der Waals surface area contributed by atoms with Crippen LogP contribution < -0.4 is 0 Å². The van der Waals surface area contributed by atoms with Crippen LogP contribution in [0.1, 0.15) is 72.1 Å². The van der Waals surface area contributed by atoms with E-state index in [9.17, 15) is 0 Å². The summed E-state index contributed by atoms with van der Waals surface area (Å²) in [7, 11) is 0. The van der Waals surface area contributed by atoms with E-state index in [1.165, 1.54) is 62.7 Å². The van der Waals surface area contributed by atoms with Crippen molar-refractivity contribution in [2.75, 3.05) is 12.0 Å². The first-order chi connectivity index (χ1) is 8.94. The Morgan fingerprint density at radius 2 is 2.00 bits per heavy atom. The molecule has 2 atom stereocenters. The summed E-state index contributed by atoms with van der Waals surface area (Å²) < 4.78 is 0. The van der Waals surface area contributed by atoms with Gasteiger partial charge in [0.15, 0.2) is 0 Å². The number of thioether (sulfide) groups is 1. The molecule has 0 saturated heterocycles. The number of allylic oxidation sites excluding steroid dienone is 1. The Kier molecular flexibility index (Phi) is 7.57. The summed E-state index contributed by atoms with van der Waals surface area (Å²) in [6, 6.07) is 0. The topological polar surface area (TPSA) is 0 Å². The van der Waals surface area contributed by atoms with E-state index in [4.69, 9.17) is 0 Å². The van der Waals surface area contributed by atoms with E-state index in [2.05, 4.69) is 33.6 Å². The highest BCUT2D eigenvalue weighted by atomic mass is 32.2. The Hall–Kier alpha value is 0.0900. The minimum absolute atomic E-state index is 0.548. The molecule has 112 valence electrons. The molecule has 1 aliphatic rings. The summed E-state index contributed by atoms with van der Waals surface area (Å²) >= 11 is 1.98. The molecule has 19 heavy (non-hydrogen) atoms. The van der Waals surface area contributed by atoms with Crippen molar-refractivity contribution in [2.24, 2.45) is 17.3 Å². The average Bonchev–Trinajstić information content (AvgIpc) is 2.37. The van der Waals surface area contributed by atoms with Crippen LogP contribution in [0.5, 0.6) is 0 Å². The Balaban J connectivity index is 2.28. The lowest BCUT2D eigenvalue weighted by atomic mass is 9.73. The first-order valence-corrected chi connectivity index (χ1v) is 9.48. The van der Waals surface area contributed by atoms with Gasteiger partial charge in [-0.15, -0.1) is 0 Å². The SMILES string of the molecule is C=C(C)C1CCCC(CCC(C)(C)CCCSC)C1. The van der Waals surface area contributed by atoms with Crippen molar-refractivity contribution in [3.63, 3.8) is 0 Å².